The molecule has 0 amide bonds. The number of hydrogen-bond donors (Lipinski definition) is 2. The number of hydrogen-bond acceptors (Lipinski definition) is 10. The average molecular weight is 951 g/mol. The van der Waals surface area contributed by atoms with Crippen molar-refractivity contribution in [2.75, 3.05) is 26.2 Å². The molecule has 0 aromatic heterocycles. The van der Waals surface area contributed by atoms with E-state index in [2.05, 4.69) is 9.44 Å². The van der Waals surface area contributed by atoms with Crippen LogP contribution in [0.3, 0.4) is 0 Å². The van der Waals surface area contributed by atoms with Crippen LogP contribution in [0.5, 0.6) is 0 Å². The topological polar surface area (TPSA) is 167 Å². The second-order valence-corrected chi connectivity index (χ2v) is 25.9. The summed E-state index contributed by atoms with van der Waals surface area (Å²) < 4.78 is 119. The van der Waals surface area contributed by atoms with Crippen LogP contribution in [0.4, 0.5) is 0 Å². The molecule has 2 saturated heterocycles. The molecular weight excluding hydrogens is 905 g/mol. The SMILES string of the molecule is Cc1ccc(S(=O)(=O)NC[C@@H]2C[C@@H](SS[C@@H]3C[C@@H](CNS(=O)(=O)c4ccc(C)cc4)N(S(=O)(=O)c4ccc5ccccc5c4)C3)CN2S(=O)(=O)c2ccc3ccccc3c2)cc1. The number of sulfonamides is 4. The Balaban J connectivity index is 1.03. The molecule has 8 rings (SSSR count). The Labute approximate surface area is 372 Å². The fourth-order valence-electron chi connectivity index (χ4n) is 7.89. The van der Waals surface area contributed by atoms with E-state index in [4.69, 9.17) is 0 Å². The molecule has 0 saturated carbocycles. The quantitative estimate of drug-likeness (QED) is 0.103. The highest BCUT2D eigenvalue weighted by Crippen LogP contribution is 2.44. The van der Waals surface area contributed by atoms with Crippen molar-refractivity contribution in [3.8, 4) is 0 Å². The first-order valence-corrected chi connectivity index (χ1v) is 28.1. The Kier molecular flexibility index (Phi) is 13.0. The molecule has 6 aromatic carbocycles. The fraction of sp³-hybridized carbons (Fsp3) is 0.273. The second-order valence-electron chi connectivity index (χ2n) is 15.7. The predicted octanol–water partition coefficient (Wildman–Crippen LogP) is 6.91. The third-order valence-electron chi connectivity index (χ3n) is 11.3. The molecule has 4 atom stereocenters. The monoisotopic (exact) mass is 950 g/mol. The molecule has 2 aliphatic rings. The Morgan fingerprint density at radius 1 is 0.468 bits per heavy atom. The molecule has 2 fully saturated rings. The Hall–Kier alpha value is -3.82. The van der Waals surface area contributed by atoms with Gasteiger partial charge in [0.2, 0.25) is 40.1 Å². The minimum absolute atomic E-state index is 0.0756. The fourth-order valence-corrected chi connectivity index (χ4v) is 16.8. The van der Waals surface area contributed by atoms with Crippen LogP contribution in [0, 0.1) is 13.8 Å². The van der Waals surface area contributed by atoms with Gasteiger partial charge in [-0.1, -0.05) is 118 Å². The first-order chi connectivity index (χ1) is 29.5. The summed E-state index contributed by atoms with van der Waals surface area (Å²) in [5.41, 5.74) is 1.80. The number of fused-ring (bicyclic) bond motifs is 2. The zero-order chi connectivity index (χ0) is 43.9. The molecule has 0 radical (unpaired) electrons. The molecule has 2 aliphatic heterocycles. The van der Waals surface area contributed by atoms with Gasteiger partial charge >= 0.3 is 0 Å². The smallest absolute Gasteiger partial charge is 0.210 e. The lowest BCUT2D eigenvalue weighted by Gasteiger charge is -2.24. The van der Waals surface area contributed by atoms with Crippen molar-refractivity contribution >= 4 is 83.2 Å². The van der Waals surface area contributed by atoms with Crippen LogP contribution in [0.15, 0.2) is 153 Å². The Bertz CT molecular complexity index is 2850. The van der Waals surface area contributed by atoms with Crippen LogP contribution in [0.2, 0.25) is 0 Å². The molecule has 326 valence electrons. The van der Waals surface area contributed by atoms with E-state index < -0.39 is 52.2 Å². The van der Waals surface area contributed by atoms with E-state index in [1.54, 1.807) is 60.7 Å². The summed E-state index contributed by atoms with van der Waals surface area (Å²) >= 11 is 0. The Morgan fingerprint density at radius 2 is 0.806 bits per heavy atom. The molecule has 62 heavy (non-hydrogen) atoms. The summed E-state index contributed by atoms with van der Waals surface area (Å²) in [4.78, 5) is 0.350. The highest BCUT2D eigenvalue weighted by atomic mass is 33.1. The van der Waals surface area contributed by atoms with Crippen molar-refractivity contribution in [2.24, 2.45) is 0 Å². The average Bonchev–Trinajstić information content (AvgIpc) is 3.89. The normalized spacial score (nSPS) is 20.6. The standard InChI is InChI=1S/C44H46N4O8S6/c1-31-11-17-41(18-12-31)59(49,50)45-27-37-25-39(29-47(37)61(53,54)43-21-15-33-7-3-5-9-35(33)23-43)57-58-40-26-38(28-46-60(51,52)42-19-13-32(2)14-20-42)48(30-40)62(55,56)44-22-16-34-8-4-6-10-36(34)24-44/h3-24,37-40,45-46H,25-30H2,1-2H3/t37-,38-,39+,40+/m0/s1. The van der Waals surface area contributed by atoms with E-state index in [0.29, 0.717) is 12.8 Å². The van der Waals surface area contributed by atoms with E-state index in [1.165, 1.54) is 54.5 Å². The van der Waals surface area contributed by atoms with Gasteiger partial charge in [-0.15, -0.1) is 0 Å². The Morgan fingerprint density at radius 3 is 1.18 bits per heavy atom. The summed E-state index contributed by atoms with van der Waals surface area (Å²) in [6, 6.07) is 36.2. The van der Waals surface area contributed by atoms with Gasteiger partial charge in [0.05, 0.1) is 19.6 Å². The van der Waals surface area contributed by atoms with Gasteiger partial charge in [-0.3, -0.25) is 0 Å². The van der Waals surface area contributed by atoms with Gasteiger partial charge in [-0.05, 0) is 96.8 Å². The van der Waals surface area contributed by atoms with Gasteiger partial charge in [-0.2, -0.15) is 8.61 Å². The summed E-state index contributed by atoms with van der Waals surface area (Å²) in [7, 11) is -13.2. The van der Waals surface area contributed by atoms with Gasteiger partial charge < -0.3 is 0 Å². The lowest BCUT2D eigenvalue weighted by Crippen LogP contribution is -2.43. The molecule has 18 heteroatoms. The van der Waals surface area contributed by atoms with Gasteiger partial charge in [-0.25, -0.2) is 43.1 Å². The summed E-state index contributed by atoms with van der Waals surface area (Å²) in [5, 5.41) is 2.71. The molecule has 2 heterocycles. The maximum absolute atomic E-state index is 14.4. The number of nitrogens with zero attached hydrogens (tertiary/aromatic N) is 2. The van der Waals surface area contributed by atoms with Crippen molar-refractivity contribution in [3.63, 3.8) is 0 Å². The zero-order valence-corrected chi connectivity index (χ0v) is 38.8. The molecule has 0 aliphatic carbocycles. The van der Waals surface area contributed by atoms with Crippen LogP contribution >= 0.6 is 21.6 Å². The van der Waals surface area contributed by atoms with Crippen molar-refractivity contribution in [3.05, 3.63) is 145 Å². The molecule has 0 unspecified atom stereocenters. The number of aryl methyl sites for hydroxylation is 2. The van der Waals surface area contributed by atoms with Crippen LogP contribution in [-0.4, -0.2) is 91.0 Å². The first kappa shape index (κ1) is 44.8. The number of rotatable bonds is 15. The summed E-state index contributed by atoms with van der Waals surface area (Å²) in [6.07, 6.45) is 0.652. The van der Waals surface area contributed by atoms with E-state index in [0.717, 1.165) is 32.7 Å². The lowest BCUT2D eigenvalue weighted by atomic mass is 10.1. The van der Waals surface area contributed by atoms with Crippen LogP contribution in [0.1, 0.15) is 24.0 Å². The first-order valence-electron chi connectivity index (χ1n) is 20.0. The summed E-state index contributed by atoms with van der Waals surface area (Å²) in [6.45, 7) is 3.58. The maximum atomic E-state index is 14.4. The molecule has 0 bridgehead atoms. The largest absolute Gasteiger partial charge is 0.243 e. The highest BCUT2D eigenvalue weighted by Gasteiger charge is 2.44. The van der Waals surface area contributed by atoms with Crippen LogP contribution in [0.25, 0.3) is 21.5 Å². The molecule has 0 spiro atoms. The zero-order valence-electron chi connectivity index (χ0n) is 33.9. The van der Waals surface area contributed by atoms with Gasteiger partial charge in [0.25, 0.3) is 0 Å². The molecule has 12 nitrogen and oxygen atoms in total. The number of benzene rings is 6. The van der Waals surface area contributed by atoms with Crippen molar-refractivity contribution in [1.82, 2.24) is 18.1 Å². The maximum Gasteiger partial charge on any atom is 0.243 e. The number of nitrogens with one attached hydrogen (secondary N) is 2. The molecule has 2 N–H and O–H groups in total. The van der Waals surface area contributed by atoms with E-state index in [9.17, 15) is 33.7 Å². The third-order valence-corrected chi connectivity index (χ3v) is 21.3. The lowest BCUT2D eigenvalue weighted by molar-refractivity contribution is 0.384. The van der Waals surface area contributed by atoms with Crippen LogP contribution in [-0.2, 0) is 40.1 Å². The van der Waals surface area contributed by atoms with E-state index in [1.807, 2.05) is 62.4 Å². The van der Waals surface area contributed by atoms with Gasteiger partial charge in [0.15, 0.2) is 0 Å². The van der Waals surface area contributed by atoms with Crippen molar-refractivity contribution < 1.29 is 33.7 Å². The molecular formula is C44H46N4O8S6. The minimum Gasteiger partial charge on any atom is -0.210 e. The van der Waals surface area contributed by atoms with Crippen LogP contribution < -0.4 is 9.44 Å². The second kappa shape index (κ2) is 18.0. The predicted molar refractivity (Wildman–Crippen MR) is 248 cm³/mol. The van der Waals surface area contributed by atoms with Gasteiger partial charge in [0.1, 0.15) is 0 Å². The van der Waals surface area contributed by atoms with Crippen molar-refractivity contribution in [2.45, 2.75) is 68.9 Å². The minimum atomic E-state index is -4.09. The highest BCUT2D eigenvalue weighted by molar-refractivity contribution is 8.77. The summed E-state index contributed by atoms with van der Waals surface area (Å²) in [5.74, 6) is 0. The van der Waals surface area contributed by atoms with E-state index >= 15 is 0 Å². The third kappa shape index (κ3) is 9.64. The van der Waals surface area contributed by atoms with E-state index in [-0.39, 0.29) is 56.3 Å². The van der Waals surface area contributed by atoms with Gasteiger partial charge in [0, 0.05) is 48.8 Å². The molecule has 6 aromatic rings. The van der Waals surface area contributed by atoms with Crippen molar-refractivity contribution in [1.29, 1.82) is 0 Å².